The van der Waals surface area contributed by atoms with Crippen LogP contribution in [-0.2, 0) is 25.9 Å². The molecule has 4 N–H and O–H groups in total. The van der Waals surface area contributed by atoms with Gasteiger partial charge in [-0.05, 0) is 5.92 Å². The van der Waals surface area contributed by atoms with Crippen LogP contribution in [-0.4, -0.2) is 154 Å². The minimum Gasteiger partial charge on any atom is -0.354 e. The molecule has 426 valence electrons. The average Bonchev–Trinajstić information content (AvgIpc) is 3.65. The normalized spacial score (nSPS) is 27.1. The van der Waals surface area contributed by atoms with E-state index in [1.54, 1.807) is 62.3 Å². The number of carbonyl (C=O) groups excluding carboxylic acids is 1. The van der Waals surface area contributed by atoms with Crippen LogP contribution in [0.5, 0.6) is 0 Å². The Morgan fingerprint density at radius 2 is 0.889 bits per heavy atom. The predicted molar refractivity (Wildman–Crippen MR) is 313 cm³/mol. The van der Waals surface area contributed by atoms with Crippen LogP contribution < -0.4 is 40.9 Å². The number of halogens is 3. The number of aromatic nitrogens is 13. The number of terminal acetylenes is 1. The summed E-state index contributed by atoms with van der Waals surface area (Å²) in [6.07, 6.45) is 22.7. The number of carbonyl (C=O) groups is 1. The highest BCUT2D eigenvalue weighted by atomic mass is 35.5. The topological polar surface area (TPSA) is 238 Å². The Labute approximate surface area is 485 Å². The zero-order chi connectivity index (χ0) is 57.3. The number of hydrogen-bond donors (Lipinski definition) is 4. The molecule has 81 heavy (non-hydrogen) atoms. The zero-order valence-corrected chi connectivity index (χ0v) is 49.2. The van der Waals surface area contributed by atoms with Gasteiger partial charge < -0.3 is 50.3 Å². The predicted octanol–water partition coefficient (Wildman–Crippen LogP) is 6.91. The summed E-state index contributed by atoms with van der Waals surface area (Å²) in [6, 6.07) is 1.92. The third-order valence-corrected chi connectivity index (χ3v) is 18.7. The standard InChI is InChI=1S/C19H23ClN8O.C19H22ClN7O.C16H22ClN7/c1-18-9-27(15-4-5-23-29-15)10-19(18,2)12-28(11-18)16-14(20)7-21-17(25-16)24-13-6-22-26(3)8-13;1-5-15(28)26-9-18(2)11-27(12-19(18,3)10-26)16-14(20)7-21-17(24-16)23-13-6-22-25(4)8-13;1-15-7-18-8-16(15,2)10-24(9-15)13-12(17)5-19-14(22-13)21-11-4-20-23(3)6-11/h4-8H,9-12H2,1-3H3,(H,21,24,25);1,6-8H,9-12H2,2-4H3,(H,21,23,24);4-6,18H,7-10H2,1-3H3,(H,19,21,22)/t2*18-,19+;15-,16+. The maximum Gasteiger partial charge on any atom is 0.298 e. The average molecular weight is 1160 g/mol. The zero-order valence-electron chi connectivity index (χ0n) is 46.9. The van der Waals surface area contributed by atoms with Crippen LogP contribution >= 0.6 is 34.8 Å². The Kier molecular flexibility index (Phi) is 14.3. The first-order chi connectivity index (χ1) is 38.5. The fourth-order valence-corrected chi connectivity index (χ4v) is 13.4. The van der Waals surface area contributed by atoms with Gasteiger partial charge in [0.2, 0.25) is 23.7 Å². The second kappa shape index (κ2) is 20.8. The molecule has 0 saturated carbocycles. The number of fused-ring (bicyclic) bond motifs is 3. The van der Waals surface area contributed by atoms with Crippen LogP contribution in [0.25, 0.3) is 0 Å². The van der Waals surface area contributed by atoms with Crippen LogP contribution in [0.3, 0.4) is 0 Å². The van der Waals surface area contributed by atoms with Crippen molar-refractivity contribution in [1.82, 2.24) is 74.6 Å². The van der Waals surface area contributed by atoms with Crippen molar-refractivity contribution in [1.29, 1.82) is 0 Å². The highest BCUT2D eigenvalue weighted by Crippen LogP contribution is 2.55. The summed E-state index contributed by atoms with van der Waals surface area (Å²) in [5, 5.41) is 31.0. The molecule has 6 saturated heterocycles. The van der Waals surface area contributed by atoms with Crippen LogP contribution in [0.4, 0.5) is 58.2 Å². The van der Waals surface area contributed by atoms with Crippen molar-refractivity contribution >= 4 is 99.0 Å². The van der Waals surface area contributed by atoms with E-state index < -0.39 is 0 Å². The smallest absolute Gasteiger partial charge is 0.298 e. The molecule has 13 heterocycles. The molecule has 6 aliphatic rings. The molecule has 13 rings (SSSR count). The van der Waals surface area contributed by atoms with Gasteiger partial charge in [0.15, 0.2) is 17.5 Å². The molecule has 0 unspecified atom stereocenters. The molecule has 0 aromatic carbocycles. The summed E-state index contributed by atoms with van der Waals surface area (Å²) < 4.78 is 10.5. The van der Waals surface area contributed by atoms with E-state index in [1.807, 2.05) is 45.8 Å². The number of likely N-dealkylation sites (tertiary alicyclic amines) is 1. The van der Waals surface area contributed by atoms with Crippen LogP contribution in [0.15, 0.2) is 72.6 Å². The number of hydrogen-bond acceptors (Lipinski definition) is 20. The maximum atomic E-state index is 12.0. The monoisotopic (exact) mass is 1160 g/mol. The van der Waals surface area contributed by atoms with Crippen LogP contribution in [0, 0.1) is 44.8 Å². The Morgan fingerprint density at radius 3 is 1.21 bits per heavy atom. The van der Waals surface area contributed by atoms with Gasteiger partial charge in [0.05, 0.1) is 60.4 Å². The van der Waals surface area contributed by atoms with Gasteiger partial charge >= 0.3 is 0 Å². The highest BCUT2D eigenvalue weighted by Gasteiger charge is 2.60. The molecule has 6 fully saturated rings. The fraction of sp³-hybridized carbons (Fsp3) is 0.500. The van der Waals surface area contributed by atoms with E-state index in [0.717, 1.165) is 100 Å². The van der Waals surface area contributed by atoms with E-state index in [1.165, 1.54) is 0 Å². The van der Waals surface area contributed by atoms with Crippen molar-refractivity contribution in [2.24, 2.45) is 53.6 Å². The molecule has 6 aliphatic heterocycles. The van der Waals surface area contributed by atoms with Crippen molar-refractivity contribution < 1.29 is 9.32 Å². The van der Waals surface area contributed by atoms with Crippen molar-refractivity contribution in [3.05, 3.63) is 83.1 Å². The molecular formula is C54H67Cl3N22O2. The van der Waals surface area contributed by atoms with Gasteiger partial charge in [-0.1, -0.05) is 81.5 Å². The van der Waals surface area contributed by atoms with Crippen LogP contribution in [0.2, 0.25) is 15.1 Å². The summed E-state index contributed by atoms with van der Waals surface area (Å²) in [4.78, 5) is 49.7. The fourth-order valence-electron chi connectivity index (χ4n) is 12.7. The molecule has 7 aromatic rings. The largest absolute Gasteiger partial charge is 0.354 e. The quantitative estimate of drug-likeness (QED) is 0.102. The molecule has 27 heteroatoms. The molecule has 24 nitrogen and oxygen atoms in total. The summed E-state index contributed by atoms with van der Waals surface area (Å²) >= 11 is 19.3. The van der Waals surface area contributed by atoms with Crippen molar-refractivity contribution in [2.75, 3.05) is 114 Å². The van der Waals surface area contributed by atoms with E-state index in [-0.39, 0.29) is 38.4 Å². The van der Waals surface area contributed by atoms with Gasteiger partial charge in [-0.2, -0.15) is 30.2 Å². The lowest BCUT2D eigenvalue weighted by Gasteiger charge is -2.30. The number of anilines is 10. The molecular weight excluding hydrogens is 1100 g/mol. The third kappa shape index (κ3) is 10.6. The number of nitrogens with zero attached hydrogens (tertiary/aromatic N) is 18. The van der Waals surface area contributed by atoms with E-state index in [2.05, 4.69) is 134 Å². The molecule has 0 spiro atoms. The second-order valence-electron chi connectivity index (χ2n) is 24.2. The van der Waals surface area contributed by atoms with E-state index in [9.17, 15) is 4.79 Å². The van der Waals surface area contributed by atoms with Gasteiger partial charge in [-0.15, -0.1) is 6.42 Å². The molecule has 0 aliphatic carbocycles. The molecule has 1 amide bonds. The first-order valence-corrected chi connectivity index (χ1v) is 27.8. The highest BCUT2D eigenvalue weighted by molar-refractivity contribution is 6.33. The number of rotatable bonds is 10. The van der Waals surface area contributed by atoms with Gasteiger partial charge in [-0.3, -0.25) is 18.8 Å². The van der Waals surface area contributed by atoms with Gasteiger partial charge in [0.1, 0.15) is 15.1 Å². The molecule has 6 atom stereocenters. The maximum absolute atomic E-state index is 12.0. The van der Waals surface area contributed by atoms with E-state index in [0.29, 0.717) is 51.8 Å². The van der Waals surface area contributed by atoms with Crippen LogP contribution in [0.1, 0.15) is 41.5 Å². The summed E-state index contributed by atoms with van der Waals surface area (Å²) in [7, 11) is 5.58. The van der Waals surface area contributed by atoms with E-state index in [4.69, 9.17) is 50.7 Å². The SMILES string of the molecule is C#CC(=O)N1C[C@@]2(C)CN(c3nc(Nc4cnn(C)c4)ncc3Cl)C[C@@]2(C)C1.Cn1cc(Nc2ncc(Cl)c(N3C[C@]4(C)CN(c5ccno5)C[C@]4(C)C3)n2)cn1.Cn1cc(Nc2ncc(Cl)c(N3C[C@]4(C)CNC[C@]4(C)C3)n2)cn1. The van der Waals surface area contributed by atoms with Gasteiger partial charge in [-0.25, -0.2) is 15.0 Å². The lowest BCUT2D eigenvalue weighted by atomic mass is 9.71. The van der Waals surface area contributed by atoms with Gasteiger partial charge in [0.25, 0.3) is 5.91 Å². The Hall–Kier alpha value is -7.46. The Bertz CT molecular complexity index is 3450. The summed E-state index contributed by atoms with van der Waals surface area (Å²) in [5.41, 5.74) is 2.92. The first kappa shape index (κ1) is 55.4. The third-order valence-electron chi connectivity index (χ3n) is 17.9. The van der Waals surface area contributed by atoms with Crippen molar-refractivity contribution in [3.63, 3.8) is 0 Å². The summed E-state index contributed by atoms with van der Waals surface area (Å²) in [5.74, 6) is 6.57. The van der Waals surface area contributed by atoms with Crippen molar-refractivity contribution in [3.8, 4) is 12.3 Å². The lowest BCUT2D eigenvalue weighted by Crippen LogP contribution is -2.35. The summed E-state index contributed by atoms with van der Waals surface area (Å²) in [6.45, 7) is 23.9. The number of nitrogens with one attached hydrogen (secondary N) is 4. The Balaban J connectivity index is 0.000000128. The Morgan fingerprint density at radius 1 is 0.543 bits per heavy atom. The van der Waals surface area contributed by atoms with E-state index >= 15 is 0 Å². The lowest BCUT2D eigenvalue weighted by molar-refractivity contribution is -0.124. The molecule has 0 bridgehead atoms. The number of aryl methyl sites for hydroxylation is 3. The van der Waals surface area contributed by atoms with Gasteiger partial charge in [0, 0.05) is 157 Å². The van der Waals surface area contributed by atoms with Crippen molar-refractivity contribution in [2.45, 2.75) is 41.5 Å². The second-order valence-corrected chi connectivity index (χ2v) is 25.4. The minimum absolute atomic E-state index is 0.0744. The minimum atomic E-state index is -0.244. The first-order valence-electron chi connectivity index (χ1n) is 26.7. The number of amides is 1. The molecule has 7 aromatic heterocycles. The molecule has 0 radical (unpaired) electrons.